The number of nitrogens with one attached hydrogen (secondary N) is 1. The molecule has 0 aliphatic heterocycles. The van der Waals surface area contributed by atoms with E-state index in [1.54, 1.807) is 12.1 Å². The van der Waals surface area contributed by atoms with Crippen LogP contribution in [-0.4, -0.2) is 4.92 Å². The number of para-hydroxylation sites is 1. The van der Waals surface area contributed by atoms with Gasteiger partial charge in [-0.1, -0.05) is 55.8 Å². The van der Waals surface area contributed by atoms with E-state index in [1.165, 1.54) is 24.5 Å². The van der Waals surface area contributed by atoms with Crippen molar-refractivity contribution in [2.24, 2.45) is 0 Å². The minimum absolute atomic E-state index is 0.0546. The van der Waals surface area contributed by atoms with Crippen molar-refractivity contribution >= 4 is 28.2 Å². The summed E-state index contributed by atoms with van der Waals surface area (Å²) < 4.78 is 6.07. The second kappa shape index (κ2) is 8.19. The first-order chi connectivity index (χ1) is 14.2. The van der Waals surface area contributed by atoms with Crippen LogP contribution in [0.4, 0.5) is 17.3 Å². The molecule has 0 amide bonds. The van der Waals surface area contributed by atoms with Crippen molar-refractivity contribution in [2.75, 3.05) is 5.32 Å². The predicted octanol–water partition coefficient (Wildman–Crippen LogP) is 7.09. The fourth-order valence-corrected chi connectivity index (χ4v) is 3.46. The molecule has 0 aliphatic rings. The van der Waals surface area contributed by atoms with Gasteiger partial charge in [-0.25, -0.2) is 0 Å². The molecular formula is C24H22N2O3. The molecule has 0 saturated heterocycles. The van der Waals surface area contributed by atoms with E-state index in [9.17, 15) is 10.1 Å². The first kappa shape index (κ1) is 18.7. The summed E-state index contributed by atoms with van der Waals surface area (Å²) in [6.45, 7) is 2.19. The number of hydrogen-bond donors (Lipinski definition) is 1. The molecule has 0 spiro atoms. The summed E-state index contributed by atoms with van der Waals surface area (Å²) in [6, 6.07) is 22.7. The lowest BCUT2D eigenvalue weighted by atomic mass is 10.0. The van der Waals surface area contributed by atoms with Crippen LogP contribution in [0.1, 0.15) is 25.3 Å². The van der Waals surface area contributed by atoms with Gasteiger partial charge in [0.1, 0.15) is 5.58 Å². The average Bonchev–Trinajstić information content (AvgIpc) is 3.11. The Morgan fingerprint density at radius 2 is 1.79 bits per heavy atom. The second-order valence-corrected chi connectivity index (χ2v) is 7.04. The summed E-state index contributed by atoms with van der Waals surface area (Å²) in [7, 11) is 0. The van der Waals surface area contributed by atoms with Crippen LogP contribution in [0.15, 0.2) is 77.2 Å². The number of aryl methyl sites for hydroxylation is 1. The van der Waals surface area contributed by atoms with Gasteiger partial charge in [0.05, 0.1) is 10.5 Å². The highest BCUT2D eigenvalue weighted by molar-refractivity contribution is 6.01. The maximum absolute atomic E-state index is 11.2. The Labute approximate surface area is 169 Å². The van der Waals surface area contributed by atoms with E-state index in [0.29, 0.717) is 5.88 Å². The molecule has 5 heteroatoms. The summed E-state index contributed by atoms with van der Waals surface area (Å²) in [4.78, 5) is 10.9. The lowest BCUT2D eigenvalue weighted by molar-refractivity contribution is -0.384. The normalized spacial score (nSPS) is 10.9. The highest BCUT2D eigenvalue weighted by atomic mass is 16.6. The van der Waals surface area contributed by atoms with E-state index in [0.717, 1.165) is 34.2 Å². The molecule has 0 radical (unpaired) electrons. The van der Waals surface area contributed by atoms with Gasteiger partial charge in [0, 0.05) is 23.2 Å². The summed E-state index contributed by atoms with van der Waals surface area (Å²) in [6.07, 6.45) is 3.42. The van der Waals surface area contributed by atoms with Crippen LogP contribution in [0.5, 0.6) is 0 Å². The zero-order chi connectivity index (χ0) is 20.2. The average molecular weight is 386 g/mol. The largest absolute Gasteiger partial charge is 0.440 e. The van der Waals surface area contributed by atoms with E-state index in [2.05, 4.69) is 24.4 Å². The lowest BCUT2D eigenvalue weighted by Crippen LogP contribution is -1.93. The van der Waals surface area contributed by atoms with Gasteiger partial charge in [-0.3, -0.25) is 10.1 Å². The van der Waals surface area contributed by atoms with Crippen LogP contribution in [0, 0.1) is 10.1 Å². The summed E-state index contributed by atoms with van der Waals surface area (Å²) >= 11 is 0. The van der Waals surface area contributed by atoms with Crippen molar-refractivity contribution in [3.8, 4) is 11.1 Å². The SMILES string of the molecule is CCCCc1ccc(Nc2oc3ccccc3c2-c2cccc([N+](=O)[O-])c2)cc1. The van der Waals surface area contributed by atoms with Gasteiger partial charge in [-0.15, -0.1) is 0 Å². The van der Waals surface area contributed by atoms with Crippen LogP contribution in [0.2, 0.25) is 0 Å². The number of hydrogen-bond acceptors (Lipinski definition) is 4. The third kappa shape index (κ3) is 3.99. The summed E-state index contributed by atoms with van der Waals surface area (Å²) in [5.74, 6) is 0.577. The molecule has 0 atom stereocenters. The minimum Gasteiger partial charge on any atom is -0.440 e. The van der Waals surface area contributed by atoms with Gasteiger partial charge in [0.15, 0.2) is 0 Å². The molecule has 0 aliphatic carbocycles. The minimum atomic E-state index is -0.381. The Bertz CT molecular complexity index is 1150. The molecule has 0 fully saturated rings. The third-order valence-corrected chi connectivity index (χ3v) is 4.97. The van der Waals surface area contributed by atoms with Crippen molar-refractivity contribution in [3.63, 3.8) is 0 Å². The van der Waals surface area contributed by atoms with Crippen LogP contribution in [0.3, 0.4) is 0 Å². The first-order valence-corrected chi connectivity index (χ1v) is 9.78. The highest BCUT2D eigenvalue weighted by Crippen LogP contribution is 2.40. The summed E-state index contributed by atoms with van der Waals surface area (Å²) in [5, 5.41) is 15.5. The molecule has 146 valence electrons. The van der Waals surface area contributed by atoms with Crippen molar-refractivity contribution < 1.29 is 9.34 Å². The molecule has 3 aromatic carbocycles. The van der Waals surface area contributed by atoms with Crippen LogP contribution in [-0.2, 0) is 6.42 Å². The Balaban J connectivity index is 1.74. The number of fused-ring (bicyclic) bond motifs is 1. The zero-order valence-electron chi connectivity index (χ0n) is 16.2. The Morgan fingerprint density at radius 1 is 1.00 bits per heavy atom. The molecule has 1 aromatic heterocycles. The van der Waals surface area contributed by atoms with Crippen LogP contribution in [0.25, 0.3) is 22.1 Å². The third-order valence-electron chi connectivity index (χ3n) is 4.97. The number of furan rings is 1. The Hall–Kier alpha value is -3.60. The topological polar surface area (TPSA) is 68.3 Å². The molecule has 0 saturated carbocycles. The monoisotopic (exact) mass is 386 g/mol. The van der Waals surface area contributed by atoms with Gasteiger partial charge < -0.3 is 9.73 Å². The van der Waals surface area contributed by atoms with E-state index in [-0.39, 0.29) is 10.6 Å². The number of benzene rings is 3. The Morgan fingerprint density at radius 3 is 2.55 bits per heavy atom. The first-order valence-electron chi connectivity index (χ1n) is 9.78. The van der Waals surface area contributed by atoms with Crippen LogP contribution < -0.4 is 5.32 Å². The number of nitrogens with zero attached hydrogens (tertiary/aromatic N) is 1. The number of unbranched alkanes of at least 4 members (excludes halogenated alkanes) is 1. The fraction of sp³-hybridized carbons (Fsp3) is 0.167. The van der Waals surface area contributed by atoms with Crippen LogP contribution >= 0.6 is 0 Å². The standard InChI is InChI=1S/C24H22N2O3/c1-2-3-7-17-12-14-19(15-13-17)25-24-23(21-10-4-5-11-22(21)29-24)18-8-6-9-20(16-18)26(27)28/h4-6,8-16,25H,2-3,7H2,1H3. The van der Waals surface area contributed by atoms with Crippen molar-refractivity contribution in [3.05, 3.63) is 88.5 Å². The lowest BCUT2D eigenvalue weighted by Gasteiger charge is -2.08. The van der Waals surface area contributed by atoms with E-state index in [4.69, 9.17) is 4.42 Å². The van der Waals surface area contributed by atoms with Gasteiger partial charge in [0.2, 0.25) is 5.88 Å². The maximum atomic E-state index is 11.2. The number of nitro groups is 1. The number of non-ortho nitro benzene ring substituents is 1. The molecule has 0 unspecified atom stereocenters. The molecule has 4 rings (SSSR count). The van der Waals surface area contributed by atoms with Gasteiger partial charge in [-0.05, 0) is 42.2 Å². The van der Waals surface area contributed by atoms with Gasteiger partial charge >= 0.3 is 0 Å². The number of nitro benzene ring substituents is 1. The predicted molar refractivity (Wildman–Crippen MR) is 117 cm³/mol. The number of rotatable bonds is 7. The maximum Gasteiger partial charge on any atom is 0.270 e. The molecule has 5 nitrogen and oxygen atoms in total. The van der Waals surface area contributed by atoms with Crippen molar-refractivity contribution in [2.45, 2.75) is 26.2 Å². The summed E-state index contributed by atoms with van der Waals surface area (Å²) in [5.41, 5.74) is 4.57. The van der Waals surface area contributed by atoms with Crippen molar-refractivity contribution in [1.82, 2.24) is 0 Å². The van der Waals surface area contributed by atoms with Crippen molar-refractivity contribution in [1.29, 1.82) is 0 Å². The smallest absolute Gasteiger partial charge is 0.270 e. The molecule has 1 heterocycles. The molecule has 1 N–H and O–H groups in total. The molecular weight excluding hydrogens is 364 g/mol. The molecule has 29 heavy (non-hydrogen) atoms. The zero-order valence-corrected chi connectivity index (χ0v) is 16.2. The van der Waals surface area contributed by atoms with Gasteiger partial charge in [-0.2, -0.15) is 0 Å². The quantitative estimate of drug-likeness (QED) is 0.272. The fourth-order valence-electron chi connectivity index (χ4n) is 3.46. The van der Waals surface area contributed by atoms with E-state index >= 15 is 0 Å². The molecule has 0 bridgehead atoms. The highest BCUT2D eigenvalue weighted by Gasteiger charge is 2.18. The molecule has 4 aromatic rings. The van der Waals surface area contributed by atoms with Gasteiger partial charge in [0.25, 0.3) is 5.69 Å². The van der Waals surface area contributed by atoms with E-state index in [1.807, 2.05) is 42.5 Å². The second-order valence-electron chi connectivity index (χ2n) is 7.04. The number of anilines is 2. The Kier molecular flexibility index (Phi) is 5.29. The van der Waals surface area contributed by atoms with E-state index < -0.39 is 0 Å².